The Morgan fingerprint density at radius 2 is 1.71 bits per heavy atom. The molecule has 2 aromatic carbocycles. The van der Waals surface area contributed by atoms with E-state index < -0.39 is 0 Å². The summed E-state index contributed by atoms with van der Waals surface area (Å²) in [5.74, 6) is 0.200. The van der Waals surface area contributed by atoms with Crippen LogP contribution in [-0.4, -0.2) is 31.9 Å². The highest BCUT2D eigenvalue weighted by atomic mass is 32.2. The van der Waals surface area contributed by atoms with Crippen molar-refractivity contribution in [2.24, 2.45) is 0 Å². The monoisotopic (exact) mass is 395 g/mol. The fourth-order valence-corrected chi connectivity index (χ4v) is 3.52. The minimum absolute atomic E-state index is 0.0506. The molecule has 3 rings (SSSR count). The topological polar surface area (TPSA) is 72.7 Å². The molecule has 146 valence electrons. The number of thioether (sulfide) groups is 1. The Kier molecular flexibility index (Phi) is 6.14. The molecule has 0 bridgehead atoms. The van der Waals surface area contributed by atoms with Gasteiger partial charge in [0.2, 0.25) is 11.1 Å². The minimum atomic E-state index is -0.0526. The molecule has 0 unspecified atom stereocenters. The maximum atomic E-state index is 12.4. The van der Waals surface area contributed by atoms with E-state index in [4.69, 9.17) is 0 Å². The van der Waals surface area contributed by atoms with E-state index in [9.17, 15) is 4.79 Å². The first-order chi connectivity index (χ1) is 13.3. The van der Waals surface area contributed by atoms with Gasteiger partial charge >= 0.3 is 0 Å². The zero-order valence-electron chi connectivity index (χ0n) is 16.9. The van der Waals surface area contributed by atoms with Crippen molar-refractivity contribution in [2.75, 3.05) is 5.75 Å². The lowest BCUT2D eigenvalue weighted by Crippen LogP contribution is -2.28. The van der Waals surface area contributed by atoms with Gasteiger partial charge < -0.3 is 5.32 Å². The first kappa shape index (κ1) is 20.1. The molecule has 0 aliphatic carbocycles. The first-order valence-electron chi connectivity index (χ1n) is 9.20. The Balaban J connectivity index is 1.63. The van der Waals surface area contributed by atoms with Crippen LogP contribution in [0.1, 0.15) is 40.8 Å². The highest BCUT2D eigenvalue weighted by Crippen LogP contribution is 2.21. The van der Waals surface area contributed by atoms with Gasteiger partial charge in [0, 0.05) is 0 Å². The van der Waals surface area contributed by atoms with E-state index in [1.54, 1.807) is 4.68 Å². The van der Waals surface area contributed by atoms with Crippen LogP contribution in [0.5, 0.6) is 0 Å². The van der Waals surface area contributed by atoms with Gasteiger partial charge in [-0.3, -0.25) is 4.79 Å². The third-order valence-electron chi connectivity index (χ3n) is 4.92. The van der Waals surface area contributed by atoms with Crippen molar-refractivity contribution in [3.05, 3.63) is 64.2 Å². The van der Waals surface area contributed by atoms with Gasteiger partial charge in [0.25, 0.3) is 0 Å². The molecule has 1 aromatic heterocycles. The van der Waals surface area contributed by atoms with Crippen LogP contribution >= 0.6 is 11.8 Å². The van der Waals surface area contributed by atoms with Crippen LogP contribution in [0.25, 0.3) is 5.69 Å². The largest absolute Gasteiger partial charge is 0.349 e. The van der Waals surface area contributed by atoms with Gasteiger partial charge in [-0.05, 0) is 85.0 Å². The number of amides is 1. The summed E-state index contributed by atoms with van der Waals surface area (Å²) in [7, 11) is 0. The van der Waals surface area contributed by atoms with Crippen LogP contribution in [-0.2, 0) is 4.79 Å². The van der Waals surface area contributed by atoms with Gasteiger partial charge in [-0.25, -0.2) is 0 Å². The second kappa shape index (κ2) is 8.56. The minimum Gasteiger partial charge on any atom is -0.349 e. The first-order valence-corrected chi connectivity index (χ1v) is 10.2. The molecule has 0 spiro atoms. The molecular formula is C21H25N5OS. The highest BCUT2D eigenvalue weighted by Gasteiger charge is 2.14. The highest BCUT2D eigenvalue weighted by molar-refractivity contribution is 7.99. The molecule has 0 aliphatic rings. The van der Waals surface area contributed by atoms with Crippen molar-refractivity contribution in [1.29, 1.82) is 0 Å². The normalized spacial score (nSPS) is 12.0. The number of aryl methyl sites for hydroxylation is 4. The van der Waals surface area contributed by atoms with Crippen molar-refractivity contribution in [3.63, 3.8) is 0 Å². The molecule has 3 aromatic rings. The SMILES string of the molecule is Cc1ccc([C@@H](C)NC(=O)CSc2nnnn2-c2ccc(C)c(C)c2)cc1C. The van der Waals surface area contributed by atoms with E-state index >= 15 is 0 Å². The summed E-state index contributed by atoms with van der Waals surface area (Å²) in [4.78, 5) is 12.4. The molecular weight excluding hydrogens is 370 g/mol. The van der Waals surface area contributed by atoms with E-state index in [2.05, 4.69) is 66.7 Å². The van der Waals surface area contributed by atoms with Crippen molar-refractivity contribution in [3.8, 4) is 5.69 Å². The molecule has 1 heterocycles. The number of carbonyl (C=O) groups excluding carboxylic acids is 1. The Morgan fingerprint density at radius 3 is 2.39 bits per heavy atom. The molecule has 1 N–H and O–H groups in total. The van der Waals surface area contributed by atoms with Crippen molar-refractivity contribution in [1.82, 2.24) is 25.5 Å². The zero-order valence-corrected chi connectivity index (χ0v) is 17.7. The molecule has 0 fully saturated rings. The lowest BCUT2D eigenvalue weighted by molar-refractivity contribution is -0.119. The van der Waals surface area contributed by atoms with Gasteiger partial charge in [-0.1, -0.05) is 36.0 Å². The molecule has 1 atom stereocenters. The second-order valence-corrected chi connectivity index (χ2v) is 8.01. The second-order valence-electron chi connectivity index (χ2n) is 7.06. The molecule has 0 saturated carbocycles. The van der Waals surface area contributed by atoms with Crippen LogP contribution in [0.15, 0.2) is 41.6 Å². The summed E-state index contributed by atoms with van der Waals surface area (Å²) in [6.07, 6.45) is 0. The Labute approximate surface area is 169 Å². The van der Waals surface area contributed by atoms with Crippen molar-refractivity contribution >= 4 is 17.7 Å². The van der Waals surface area contributed by atoms with Gasteiger partial charge in [0.15, 0.2) is 0 Å². The maximum absolute atomic E-state index is 12.4. The summed E-state index contributed by atoms with van der Waals surface area (Å²) >= 11 is 1.32. The molecule has 1 amide bonds. The Bertz CT molecular complexity index is 998. The van der Waals surface area contributed by atoms with Crippen molar-refractivity contribution in [2.45, 2.75) is 45.8 Å². The summed E-state index contributed by atoms with van der Waals surface area (Å²) in [5, 5.41) is 15.5. The molecule has 0 saturated heterocycles. The predicted molar refractivity (Wildman–Crippen MR) is 112 cm³/mol. The number of hydrogen-bond acceptors (Lipinski definition) is 5. The van der Waals surface area contributed by atoms with Crippen LogP contribution < -0.4 is 5.32 Å². The number of hydrogen-bond donors (Lipinski definition) is 1. The van der Waals surface area contributed by atoms with E-state index in [0.29, 0.717) is 5.16 Å². The van der Waals surface area contributed by atoms with E-state index in [1.165, 1.54) is 34.0 Å². The van der Waals surface area contributed by atoms with Gasteiger partial charge in [-0.2, -0.15) is 4.68 Å². The number of nitrogens with zero attached hydrogens (tertiary/aromatic N) is 4. The molecule has 6 nitrogen and oxygen atoms in total. The standard InChI is InChI=1S/C21H25N5OS/c1-13-6-8-18(10-15(13)3)17(5)22-20(27)12-28-21-23-24-25-26(21)19-9-7-14(2)16(4)11-19/h6-11,17H,12H2,1-5H3,(H,22,27)/t17-/m1/s1. The number of benzene rings is 2. The lowest BCUT2D eigenvalue weighted by atomic mass is 10.0. The molecule has 7 heteroatoms. The fraction of sp³-hybridized carbons (Fsp3) is 0.333. The summed E-state index contributed by atoms with van der Waals surface area (Å²) < 4.78 is 1.66. The summed E-state index contributed by atoms with van der Waals surface area (Å²) in [5.41, 5.74) is 6.84. The molecule has 0 aliphatic heterocycles. The average molecular weight is 396 g/mol. The van der Waals surface area contributed by atoms with E-state index in [0.717, 1.165) is 11.3 Å². The number of tetrazole rings is 1. The van der Waals surface area contributed by atoms with Crippen LogP contribution in [0.4, 0.5) is 0 Å². The number of nitrogens with one attached hydrogen (secondary N) is 1. The summed E-state index contributed by atoms with van der Waals surface area (Å²) in [6.45, 7) is 10.3. The number of rotatable bonds is 6. The number of aromatic nitrogens is 4. The Morgan fingerprint density at radius 1 is 1.04 bits per heavy atom. The number of carbonyl (C=O) groups is 1. The van der Waals surface area contributed by atoms with E-state index in [1.807, 2.05) is 25.1 Å². The molecule has 0 radical (unpaired) electrons. The van der Waals surface area contributed by atoms with Crippen LogP contribution in [0, 0.1) is 27.7 Å². The van der Waals surface area contributed by atoms with Gasteiger partial charge in [0.05, 0.1) is 17.5 Å². The predicted octanol–water partition coefficient (Wildman–Crippen LogP) is 3.87. The third-order valence-corrected chi connectivity index (χ3v) is 5.84. The van der Waals surface area contributed by atoms with Crippen molar-refractivity contribution < 1.29 is 4.79 Å². The average Bonchev–Trinajstić information content (AvgIpc) is 3.13. The van der Waals surface area contributed by atoms with Crippen LogP contribution in [0.2, 0.25) is 0 Å². The smallest absolute Gasteiger partial charge is 0.230 e. The fourth-order valence-electron chi connectivity index (χ4n) is 2.82. The van der Waals surface area contributed by atoms with Crippen LogP contribution in [0.3, 0.4) is 0 Å². The molecule has 28 heavy (non-hydrogen) atoms. The van der Waals surface area contributed by atoms with E-state index in [-0.39, 0.29) is 17.7 Å². The quantitative estimate of drug-likeness (QED) is 0.642. The third kappa shape index (κ3) is 4.59. The zero-order chi connectivity index (χ0) is 20.3. The maximum Gasteiger partial charge on any atom is 0.230 e. The lowest BCUT2D eigenvalue weighted by Gasteiger charge is -2.15. The van der Waals surface area contributed by atoms with Gasteiger partial charge in [-0.15, -0.1) is 5.10 Å². The van der Waals surface area contributed by atoms with Gasteiger partial charge in [0.1, 0.15) is 0 Å². The Hall–Kier alpha value is -2.67. The summed E-state index contributed by atoms with van der Waals surface area (Å²) in [6, 6.07) is 12.3.